The molecule has 1 heterocycles. The van der Waals surface area contributed by atoms with E-state index in [1.807, 2.05) is 42.5 Å². The highest BCUT2D eigenvalue weighted by Gasteiger charge is 2.37. The molecule has 1 saturated carbocycles. The van der Waals surface area contributed by atoms with Crippen LogP contribution >= 0.6 is 0 Å². The number of hydrogen-bond donors (Lipinski definition) is 3. The van der Waals surface area contributed by atoms with Crippen LogP contribution in [0.1, 0.15) is 60.5 Å². The molecular formula is C26H35N3O5S. The molecule has 2 fully saturated rings. The van der Waals surface area contributed by atoms with E-state index in [0.29, 0.717) is 37.1 Å². The topological polar surface area (TPSA) is 108 Å². The van der Waals surface area contributed by atoms with Crippen molar-refractivity contribution in [3.05, 3.63) is 65.7 Å². The first-order valence-corrected chi connectivity index (χ1v) is 13.8. The van der Waals surface area contributed by atoms with Crippen LogP contribution in [0, 0.1) is 5.92 Å². The fourth-order valence-electron chi connectivity index (χ4n) is 5.34. The smallest absolute Gasteiger partial charge is 0.280 e. The van der Waals surface area contributed by atoms with E-state index in [9.17, 15) is 18.3 Å². The molecule has 2 aliphatic rings. The van der Waals surface area contributed by atoms with Crippen molar-refractivity contribution in [2.24, 2.45) is 5.92 Å². The minimum Gasteiger partial charge on any atom is -0.496 e. The van der Waals surface area contributed by atoms with Gasteiger partial charge < -0.3 is 15.2 Å². The van der Waals surface area contributed by atoms with E-state index < -0.39 is 10.2 Å². The molecule has 3 N–H and O–H groups in total. The second kappa shape index (κ2) is 11.5. The Morgan fingerprint density at radius 2 is 1.74 bits per heavy atom. The second-order valence-corrected chi connectivity index (χ2v) is 11.0. The number of amides is 1. The first kappa shape index (κ1) is 25.6. The Bertz CT molecular complexity index is 1090. The summed E-state index contributed by atoms with van der Waals surface area (Å²) in [6.07, 6.45) is 4.40. The molecule has 190 valence electrons. The molecule has 2 unspecified atom stereocenters. The highest BCUT2D eigenvalue weighted by molar-refractivity contribution is 7.87. The van der Waals surface area contributed by atoms with Gasteiger partial charge in [0, 0.05) is 18.6 Å². The van der Waals surface area contributed by atoms with Gasteiger partial charge in [-0.25, -0.2) is 0 Å². The van der Waals surface area contributed by atoms with Crippen molar-refractivity contribution in [3.8, 4) is 5.75 Å². The SMILES string of the molecule is COc1ccccc1C(=O)NC(c1ccccc1)C1CCC(NS(=O)(=O)N2CCCC2CO)CC1. The van der Waals surface area contributed by atoms with Crippen molar-refractivity contribution in [1.29, 1.82) is 0 Å². The van der Waals surface area contributed by atoms with Gasteiger partial charge in [-0.15, -0.1) is 0 Å². The lowest BCUT2D eigenvalue weighted by Crippen LogP contribution is -2.49. The number of methoxy groups -OCH3 is 1. The number of carbonyl (C=O) groups excluding carboxylic acids is 1. The summed E-state index contributed by atoms with van der Waals surface area (Å²) >= 11 is 0. The minimum absolute atomic E-state index is 0.154. The summed E-state index contributed by atoms with van der Waals surface area (Å²) < 4.78 is 35.4. The van der Waals surface area contributed by atoms with Crippen LogP contribution in [0.3, 0.4) is 0 Å². The van der Waals surface area contributed by atoms with E-state index in [0.717, 1.165) is 24.8 Å². The molecule has 1 aliphatic carbocycles. The Labute approximate surface area is 207 Å². The standard InChI is InChI=1S/C26H35N3O5S/c1-34-24-12-6-5-11-23(24)26(31)27-25(19-8-3-2-4-9-19)20-13-15-21(16-14-20)28-35(32,33)29-17-7-10-22(29)18-30/h2-6,8-9,11-12,20-22,25,28,30H,7,10,13-18H2,1H3,(H,27,31). The normalized spacial score (nSPS) is 24.1. The maximum Gasteiger partial charge on any atom is 0.280 e. The fourth-order valence-corrected chi connectivity index (χ4v) is 7.07. The maximum atomic E-state index is 13.2. The second-order valence-electron chi connectivity index (χ2n) is 9.39. The van der Waals surface area contributed by atoms with E-state index in [1.54, 1.807) is 19.2 Å². The third-order valence-corrected chi connectivity index (χ3v) is 8.93. The van der Waals surface area contributed by atoms with Gasteiger partial charge in [0.2, 0.25) is 0 Å². The molecule has 2 aromatic carbocycles. The monoisotopic (exact) mass is 501 g/mol. The predicted octanol–water partition coefficient (Wildman–Crippen LogP) is 3.02. The van der Waals surface area contributed by atoms with Gasteiger partial charge in [-0.2, -0.15) is 17.4 Å². The number of hydrogen-bond acceptors (Lipinski definition) is 5. The zero-order valence-electron chi connectivity index (χ0n) is 20.1. The Balaban J connectivity index is 1.44. The van der Waals surface area contributed by atoms with Crippen LogP contribution in [0.25, 0.3) is 0 Å². The van der Waals surface area contributed by atoms with Gasteiger partial charge in [0.1, 0.15) is 5.75 Å². The summed E-state index contributed by atoms with van der Waals surface area (Å²) in [7, 11) is -2.08. The van der Waals surface area contributed by atoms with Crippen molar-refractivity contribution in [2.75, 3.05) is 20.3 Å². The molecule has 2 atom stereocenters. The maximum absolute atomic E-state index is 13.2. The van der Waals surface area contributed by atoms with E-state index in [-0.39, 0.29) is 36.6 Å². The van der Waals surface area contributed by atoms with Gasteiger partial charge in [-0.1, -0.05) is 42.5 Å². The van der Waals surface area contributed by atoms with Crippen LogP contribution in [0.15, 0.2) is 54.6 Å². The van der Waals surface area contributed by atoms with Crippen LogP contribution in [0.4, 0.5) is 0 Å². The van der Waals surface area contributed by atoms with Gasteiger partial charge in [0.05, 0.1) is 25.3 Å². The number of carbonyl (C=O) groups is 1. The third-order valence-electron chi connectivity index (χ3n) is 7.20. The molecule has 1 amide bonds. The van der Waals surface area contributed by atoms with Gasteiger partial charge in [0.25, 0.3) is 16.1 Å². The van der Waals surface area contributed by atoms with Gasteiger partial charge >= 0.3 is 0 Å². The molecule has 1 aliphatic heterocycles. The Kier molecular flexibility index (Phi) is 8.43. The quantitative estimate of drug-likeness (QED) is 0.490. The predicted molar refractivity (Wildman–Crippen MR) is 134 cm³/mol. The average molecular weight is 502 g/mol. The lowest BCUT2D eigenvalue weighted by atomic mass is 9.79. The summed E-state index contributed by atoms with van der Waals surface area (Å²) in [4.78, 5) is 13.2. The number of nitrogens with one attached hydrogen (secondary N) is 2. The Hall–Kier alpha value is -2.46. The van der Waals surface area contributed by atoms with Crippen molar-refractivity contribution < 1.29 is 23.1 Å². The molecule has 35 heavy (non-hydrogen) atoms. The van der Waals surface area contributed by atoms with Gasteiger partial charge in [-0.05, 0) is 62.1 Å². The molecule has 1 saturated heterocycles. The number of nitrogens with zero attached hydrogens (tertiary/aromatic N) is 1. The number of aliphatic hydroxyl groups excluding tert-OH is 1. The lowest BCUT2D eigenvalue weighted by Gasteiger charge is -2.35. The number of ether oxygens (including phenoxy) is 1. The van der Waals surface area contributed by atoms with E-state index in [4.69, 9.17) is 4.74 Å². The van der Waals surface area contributed by atoms with Crippen LogP contribution < -0.4 is 14.8 Å². The summed E-state index contributed by atoms with van der Waals surface area (Å²) in [6.45, 7) is 0.291. The van der Waals surface area contributed by atoms with Crippen molar-refractivity contribution in [2.45, 2.75) is 56.7 Å². The summed E-state index contributed by atoms with van der Waals surface area (Å²) in [5.74, 6) is 0.509. The zero-order valence-corrected chi connectivity index (χ0v) is 20.9. The molecule has 9 heteroatoms. The van der Waals surface area contributed by atoms with Crippen LogP contribution in [-0.4, -0.2) is 56.1 Å². The van der Waals surface area contributed by atoms with Crippen molar-refractivity contribution >= 4 is 16.1 Å². The fraction of sp³-hybridized carbons (Fsp3) is 0.500. The summed E-state index contributed by atoms with van der Waals surface area (Å²) in [5, 5.41) is 12.7. The summed E-state index contributed by atoms with van der Waals surface area (Å²) in [6, 6.07) is 16.4. The van der Waals surface area contributed by atoms with Crippen molar-refractivity contribution in [3.63, 3.8) is 0 Å². The molecule has 0 aromatic heterocycles. The third kappa shape index (κ3) is 6.03. The number of aliphatic hydroxyl groups is 1. The van der Waals surface area contributed by atoms with Gasteiger partial charge in [0.15, 0.2) is 0 Å². The van der Waals surface area contributed by atoms with Crippen LogP contribution in [-0.2, 0) is 10.2 Å². The first-order valence-electron chi connectivity index (χ1n) is 12.3. The number of para-hydroxylation sites is 1. The Morgan fingerprint density at radius 3 is 2.43 bits per heavy atom. The van der Waals surface area contributed by atoms with E-state index in [2.05, 4.69) is 10.0 Å². The van der Waals surface area contributed by atoms with Gasteiger partial charge in [-0.3, -0.25) is 4.79 Å². The van der Waals surface area contributed by atoms with Crippen LogP contribution in [0.5, 0.6) is 5.75 Å². The molecular weight excluding hydrogens is 466 g/mol. The first-order chi connectivity index (χ1) is 16.9. The minimum atomic E-state index is -3.63. The lowest BCUT2D eigenvalue weighted by molar-refractivity contribution is 0.0907. The highest BCUT2D eigenvalue weighted by Crippen LogP contribution is 2.36. The Morgan fingerprint density at radius 1 is 1.06 bits per heavy atom. The zero-order chi connectivity index (χ0) is 24.8. The molecule has 2 aromatic rings. The molecule has 4 rings (SSSR count). The molecule has 0 spiro atoms. The van der Waals surface area contributed by atoms with Crippen molar-refractivity contribution in [1.82, 2.24) is 14.3 Å². The number of rotatable bonds is 9. The largest absolute Gasteiger partial charge is 0.496 e. The number of benzene rings is 2. The summed E-state index contributed by atoms with van der Waals surface area (Å²) in [5.41, 5.74) is 1.52. The molecule has 0 bridgehead atoms. The highest BCUT2D eigenvalue weighted by atomic mass is 32.2. The van der Waals surface area contributed by atoms with E-state index in [1.165, 1.54) is 4.31 Å². The average Bonchev–Trinajstić information content (AvgIpc) is 3.38. The molecule has 8 nitrogen and oxygen atoms in total. The molecule has 0 radical (unpaired) electrons. The van der Waals surface area contributed by atoms with E-state index >= 15 is 0 Å². The van der Waals surface area contributed by atoms with Crippen LogP contribution in [0.2, 0.25) is 0 Å².